The van der Waals surface area contributed by atoms with Crippen LogP contribution < -0.4 is 10.6 Å². The van der Waals surface area contributed by atoms with Gasteiger partial charge in [-0.2, -0.15) is 0 Å². The van der Waals surface area contributed by atoms with Crippen LogP contribution in [-0.2, 0) is 0 Å². The summed E-state index contributed by atoms with van der Waals surface area (Å²) in [5.74, 6) is 0. The molecule has 1 atom stereocenters. The first-order chi connectivity index (χ1) is 8.95. The lowest BCUT2D eigenvalue weighted by Crippen LogP contribution is -2.27. The molecule has 108 valence electrons. The Bertz CT molecular complexity index is 391. The standard InChI is InChI=1S/C15H26ClN3/c1-5-19(10-6-9-18(3)4)15-8-7-13(12(2)17)11-14(15)16/h7-8,11-12H,5-6,9-10,17H2,1-4H3/t12-/m1/s1. The monoisotopic (exact) mass is 283 g/mol. The third kappa shape index (κ3) is 5.01. The highest BCUT2D eigenvalue weighted by molar-refractivity contribution is 6.33. The van der Waals surface area contributed by atoms with Gasteiger partial charge in [-0.15, -0.1) is 0 Å². The molecule has 0 radical (unpaired) electrons. The van der Waals surface area contributed by atoms with E-state index in [1.165, 1.54) is 0 Å². The molecule has 0 saturated heterocycles. The first-order valence-corrected chi connectivity index (χ1v) is 7.28. The zero-order chi connectivity index (χ0) is 14.4. The normalized spacial score (nSPS) is 12.8. The Kier molecular flexibility index (Phi) is 6.63. The smallest absolute Gasteiger partial charge is 0.0642 e. The van der Waals surface area contributed by atoms with E-state index < -0.39 is 0 Å². The minimum atomic E-state index is 0.0235. The Hall–Kier alpha value is -0.770. The maximum Gasteiger partial charge on any atom is 0.0642 e. The van der Waals surface area contributed by atoms with Crippen molar-refractivity contribution in [1.82, 2.24) is 4.90 Å². The lowest BCUT2D eigenvalue weighted by Gasteiger charge is -2.25. The summed E-state index contributed by atoms with van der Waals surface area (Å²) in [6.45, 7) is 7.20. The second-order valence-electron chi connectivity index (χ2n) is 5.24. The number of nitrogens with two attached hydrogens (primary N) is 1. The molecule has 0 aliphatic carbocycles. The van der Waals surface area contributed by atoms with Crippen LogP contribution in [0.1, 0.15) is 31.9 Å². The van der Waals surface area contributed by atoms with Crippen molar-refractivity contribution in [3.63, 3.8) is 0 Å². The molecule has 0 aliphatic heterocycles. The van der Waals surface area contributed by atoms with Gasteiger partial charge in [0.25, 0.3) is 0 Å². The van der Waals surface area contributed by atoms with Gasteiger partial charge in [-0.1, -0.05) is 17.7 Å². The molecule has 1 aromatic carbocycles. The van der Waals surface area contributed by atoms with E-state index in [1.54, 1.807) is 0 Å². The molecule has 2 N–H and O–H groups in total. The average molecular weight is 284 g/mol. The minimum absolute atomic E-state index is 0.0235. The van der Waals surface area contributed by atoms with E-state index >= 15 is 0 Å². The summed E-state index contributed by atoms with van der Waals surface area (Å²) in [4.78, 5) is 4.52. The quantitative estimate of drug-likeness (QED) is 0.834. The van der Waals surface area contributed by atoms with Gasteiger partial charge in [0.2, 0.25) is 0 Å². The first kappa shape index (κ1) is 16.3. The highest BCUT2D eigenvalue weighted by Gasteiger charge is 2.10. The van der Waals surface area contributed by atoms with Crippen molar-refractivity contribution in [1.29, 1.82) is 0 Å². The highest BCUT2D eigenvalue weighted by atomic mass is 35.5. The Balaban J connectivity index is 2.75. The van der Waals surface area contributed by atoms with Gasteiger partial charge in [0.05, 0.1) is 10.7 Å². The van der Waals surface area contributed by atoms with E-state index in [2.05, 4.69) is 43.0 Å². The minimum Gasteiger partial charge on any atom is -0.371 e. The van der Waals surface area contributed by atoms with Crippen LogP contribution in [0.4, 0.5) is 5.69 Å². The molecule has 1 aromatic rings. The maximum absolute atomic E-state index is 6.38. The zero-order valence-corrected chi connectivity index (χ0v) is 13.2. The molecule has 0 aromatic heterocycles. The van der Waals surface area contributed by atoms with Crippen molar-refractivity contribution in [2.75, 3.05) is 38.6 Å². The fraction of sp³-hybridized carbons (Fsp3) is 0.600. The topological polar surface area (TPSA) is 32.5 Å². The van der Waals surface area contributed by atoms with Crippen LogP contribution in [0, 0.1) is 0 Å². The van der Waals surface area contributed by atoms with Crippen molar-refractivity contribution < 1.29 is 0 Å². The van der Waals surface area contributed by atoms with Gasteiger partial charge < -0.3 is 15.5 Å². The summed E-state index contributed by atoms with van der Waals surface area (Å²) in [5, 5.41) is 0.793. The summed E-state index contributed by atoms with van der Waals surface area (Å²) in [7, 11) is 4.20. The molecular formula is C15H26ClN3. The van der Waals surface area contributed by atoms with Crippen LogP contribution in [0.2, 0.25) is 5.02 Å². The number of rotatable bonds is 7. The lowest BCUT2D eigenvalue weighted by molar-refractivity contribution is 0.400. The van der Waals surface area contributed by atoms with Crippen LogP contribution in [0.5, 0.6) is 0 Å². The van der Waals surface area contributed by atoms with Gasteiger partial charge in [-0.25, -0.2) is 0 Å². The van der Waals surface area contributed by atoms with Gasteiger partial charge in [0, 0.05) is 19.1 Å². The molecule has 0 heterocycles. The molecule has 0 fully saturated rings. The SMILES string of the molecule is CCN(CCCN(C)C)c1ccc([C@@H](C)N)cc1Cl. The van der Waals surface area contributed by atoms with E-state index in [0.29, 0.717) is 0 Å². The zero-order valence-electron chi connectivity index (χ0n) is 12.5. The number of halogens is 1. The van der Waals surface area contributed by atoms with Crippen LogP contribution >= 0.6 is 11.6 Å². The van der Waals surface area contributed by atoms with Gasteiger partial charge in [-0.3, -0.25) is 0 Å². The van der Waals surface area contributed by atoms with Crippen molar-refractivity contribution in [2.24, 2.45) is 5.73 Å². The lowest BCUT2D eigenvalue weighted by atomic mass is 10.1. The van der Waals surface area contributed by atoms with Crippen molar-refractivity contribution in [2.45, 2.75) is 26.3 Å². The maximum atomic E-state index is 6.38. The molecule has 0 spiro atoms. The largest absolute Gasteiger partial charge is 0.371 e. The summed E-state index contributed by atoms with van der Waals surface area (Å²) in [6.07, 6.45) is 1.13. The third-order valence-electron chi connectivity index (χ3n) is 3.25. The Morgan fingerprint density at radius 3 is 2.42 bits per heavy atom. The second kappa shape index (κ2) is 7.73. The van der Waals surface area contributed by atoms with Crippen LogP contribution in [0.3, 0.4) is 0 Å². The molecule has 0 unspecified atom stereocenters. The molecule has 4 heteroatoms. The molecule has 0 amide bonds. The number of anilines is 1. The first-order valence-electron chi connectivity index (χ1n) is 6.90. The summed E-state index contributed by atoms with van der Waals surface area (Å²) >= 11 is 6.38. The van der Waals surface area contributed by atoms with Gasteiger partial charge >= 0.3 is 0 Å². The van der Waals surface area contributed by atoms with E-state index in [9.17, 15) is 0 Å². The number of hydrogen-bond acceptors (Lipinski definition) is 3. The summed E-state index contributed by atoms with van der Waals surface area (Å²) in [5.41, 5.74) is 8.06. The van der Waals surface area contributed by atoms with Gasteiger partial charge in [0.1, 0.15) is 0 Å². The summed E-state index contributed by atoms with van der Waals surface area (Å²) < 4.78 is 0. The van der Waals surface area contributed by atoms with E-state index in [4.69, 9.17) is 17.3 Å². The van der Waals surface area contributed by atoms with E-state index in [-0.39, 0.29) is 6.04 Å². The number of nitrogens with zero attached hydrogens (tertiary/aromatic N) is 2. The van der Waals surface area contributed by atoms with Crippen molar-refractivity contribution >= 4 is 17.3 Å². The highest BCUT2D eigenvalue weighted by Crippen LogP contribution is 2.28. The van der Waals surface area contributed by atoms with Crippen LogP contribution in [0.15, 0.2) is 18.2 Å². The molecule has 0 saturated carbocycles. The van der Waals surface area contributed by atoms with Crippen molar-refractivity contribution in [3.8, 4) is 0 Å². The fourth-order valence-corrected chi connectivity index (χ4v) is 2.40. The molecular weight excluding hydrogens is 258 g/mol. The predicted molar refractivity (Wildman–Crippen MR) is 85.1 cm³/mol. The van der Waals surface area contributed by atoms with Gasteiger partial charge in [0.15, 0.2) is 0 Å². The molecule has 0 aliphatic rings. The van der Waals surface area contributed by atoms with Crippen LogP contribution in [0.25, 0.3) is 0 Å². The Labute approximate surface area is 122 Å². The Morgan fingerprint density at radius 2 is 1.95 bits per heavy atom. The predicted octanol–water partition coefficient (Wildman–Crippen LogP) is 3.14. The number of hydrogen-bond donors (Lipinski definition) is 1. The molecule has 1 rings (SSSR count). The van der Waals surface area contributed by atoms with Gasteiger partial charge in [-0.05, 0) is 58.6 Å². The van der Waals surface area contributed by atoms with Crippen LogP contribution in [-0.4, -0.2) is 38.6 Å². The summed E-state index contributed by atoms with van der Waals surface area (Å²) in [6, 6.07) is 6.16. The second-order valence-corrected chi connectivity index (χ2v) is 5.64. The van der Waals surface area contributed by atoms with E-state index in [1.807, 2.05) is 13.0 Å². The third-order valence-corrected chi connectivity index (χ3v) is 3.56. The number of benzene rings is 1. The molecule has 19 heavy (non-hydrogen) atoms. The average Bonchev–Trinajstić information content (AvgIpc) is 2.34. The fourth-order valence-electron chi connectivity index (χ4n) is 2.09. The molecule has 3 nitrogen and oxygen atoms in total. The molecule has 0 bridgehead atoms. The van der Waals surface area contributed by atoms with Crippen molar-refractivity contribution in [3.05, 3.63) is 28.8 Å². The van der Waals surface area contributed by atoms with E-state index in [0.717, 1.165) is 42.3 Å². The Morgan fingerprint density at radius 1 is 1.26 bits per heavy atom.